The fourth-order valence-corrected chi connectivity index (χ4v) is 2.29. The van der Waals surface area contributed by atoms with Crippen LogP contribution >= 0.6 is 0 Å². The van der Waals surface area contributed by atoms with E-state index < -0.39 is 24.5 Å². The van der Waals surface area contributed by atoms with Gasteiger partial charge in [0.1, 0.15) is 13.1 Å². The van der Waals surface area contributed by atoms with Gasteiger partial charge in [0, 0.05) is 25.1 Å². The van der Waals surface area contributed by atoms with Crippen LogP contribution in [0.25, 0.3) is 0 Å². The van der Waals surface area contributed by atoms with Crippen molar-refractivity contribution in [1.29, 1.82) is 0 Å². The van der Waals surface area contributed by atoms with Gasteiger partial charge in [-0.25, -0.2) is 9.97 Å². The number of ether oxygens (including phenoxy) is 2. The molecule has 0 atom stereocenters. The van der Waals surface area contributed by atoms with Gasteiger partial charge in [-0.2, -0.15) is 0 Å². The van der Waals surface area contributed by atoms with Gasteiger partial charge in [0.25, 0.3) is 5.91 Å². The molecule has 0 aliphatic rings. The lowest BCUT2D eigenvalue weighted by Crippen LogP contribution is -2.40. The highest BCUT2D eigenvalue weighted by Gasteiger charge is 2.21. The zero-order chi connectivity index (χ0) is 20.4. The standard InChI is InChI=1S/C19H22N4O5/c1-3-27-18(26)13-23(15-8-5-4-6-9-15)16(24)14-28-17(25)12-22(2)19-20-10-7-11-21-19/h4-11H,3,12-14H2,1-2H3. The summed E-state index contributed by atoms with van der Waals surface area (Å²) in [6.07, 6.45) is 3.11. The summed E-state index contributed by atoms with van der Waals surface area (Å²) in [6, 6.07) is 10.3. The van der Waals surface area contributed by atoms with Gasteiger partial charge in [0.15, 0.2) is 6.61 Å². The molecule has 0 spiro atoms. The van der Waals surface area contributed by atoms with E-state index in [2.05, 4.69) is 9.97 Å². The van der Waals surface area contributed by atoms with Crippen LogP contribution in [0.1, 0.15) is 6.92 Å². The first-order chi connectivity index (χ1) is 13.5. The molecule has 0 radical (unpaired) electrons. The first-order valence-corrected chi connectivity index (χ1v) is 8.66. The Labute approximate surface area is 162 Å². The molecule has 9 nitrogen and oxygen atoms in total. The summed E-state index contributed by atoms with van der Waals surface area (Å²) in [5, 5.41) is 0. The lowest BCUT2D eigenvalue weighted by atomic mass is 10.3. The zero-order valence-corrected chi connectivity index (χ0v) is 15.8. The Balaban J connectivity index is 1.95. The van der Waals surface area contributed by atoms with E-state index in [9.17, 15) is 14.4 Å². The number of nitrogens with zero attached hydrogens (tertiary/aromatic N) is 4. The van der Waals surface area contributed by atoms with Crippen molar-refractivity contribution in [2.45, 2.75) is 6.92 Å². The summed E-state index contributed by atoms with van der Waals surface area (Å²) >= 11 is 0. The molecule has 2 aromatic rings. The molecular weight excluding hydrogens is 364 g/mol. The summed E-state index contributed by atoms with van der Waals surface area (Å²) in [4.78, 5) is 47.2. The maximum absolute atomic E-state index is 12.5. The van der Waals surface area contributed by atoms with Gasteiger partial charge >= 0.3 is 11.9 Å². The SMILES string of the molecule is CCOC(=O)CN(C(=O)COC(=O)CN(C)c1ncccn1)c1ccccc1. The van der Waals surface area contributed by atoms with Crippen LogP contribution in [-0.4, -0.2) is 61.2 Å². The van der Waals surface area contributed by atoms with E-state index in [-0.39, 0.29) is 19.7 Å². The van der Waals surface area contributed by atoms with Crippen molar-refractivity contribution in [3.05, 3.63) is 48.8 Å². The molecule has 0 unspecified atom stereocenters. The Morgan fingerprint density at radius 3 is 2.21 bits per heavy atom. The molecule has 1 aromatic heterocycles. The fourth-order valence-electron chi connectivity index (χ4n) is 2.29. The molecular formula is C19H22N4O5. The summed E-state index contributed by atoms with van der Waals surface area (Å²) < 4.78 is 9.97. The maximum atomic E-state index is 12.5. The monoisotopic (exact) mass is 386 g/mol. The molecule has 0 aliphatic carbocycles. The number of para-hydroxylation sites is 1. The molecule has 0 N–H and O–H groups in total. The number of carbonyl (C=O) groups excluding carboxylic acids is 3. The molecule has 0 saturated carbocycles. The van der Waals surface area contributed by atoms with Gasteiger partial charge < -0.3 is 14.4 Å². The molecule has 1 aromatic carbocycles. The van der Waals surface area contributed by atoms with Gasteiger partial charge in [0.05, 0.1) is 6.61 Å². The summed E-state index contributed by atoms with van der Waals surface area (Å²) in [7, 11) is 1.63. The highest BCUT2D eigenvalue weighted by Crippen LogP contribution is 2.14. The predicted molar refractivity (Wildman–Crippen MR) is 102 cm³/mol. The second-order valence-electron chi connectivity index (χ2n) is 5.69. The van der Waals surface area contributed by atoms with E-state index in [4.69, 9.17) is 9.47 Å². The number of hydrogen-bond donors (Lipinski definition) is 0. The summed E-state index contributed by atoms with van der Waals surface area (Å²) in [5.41, 5.74) is 0.506. The second kappa shape index (κ2) is 10.6. The second-order valence-corrected chi connectivity index (χ2v) is 5.69. The van der Waals surface area contributed by atoms with Crippen LogP contribution in [0, 0.1) is 0 Å². The van der Waals surface area contributed by atoms with Gasteiger partial charge in [0.2, 0.25) is 5.95 Å². The summed E-state index contributed by atoms with van der Waals surface area (Å²) in [6.45, 7) is 0.989. The van der Waals surface area contributed by atoms with E-state index in [1.165, 1.54) is 9.80 Å². The molecule has 9 heteroatoms. The molecule has 1 heterocycles. The number of amides is 1. The van der Waals surface area contributed by atoms with Crippen molar-refractivity contribution in [3.63, 3.8) is 0 Å². The van der Waals surface area contributed by atoms with Crippen LogP contribution < -0.4 is 9.80 Å². The normalized spacial score (nSPS) is 10.1. The highest BCUT2D eigenvalue weighted by molar-refractivity contribution is 5.99. The number of likely N-dealkylation sites (N-methyl/N-ethyl adjacent to an activating group) is 1. The first-order valence-electron chi connectivity index (χ1n) is 8.66. The fraction of sp³-hybridized carbons (Fsp3) is 0.316. The molecule has 0 fully saturated rings. The zero-order valence-electron chi connectivity index (χ0n) is 15.8. The number of aromatic nitrogens is 2. The van der Waals surface area contributed by atoms with E-state index >= 15 is 0 Å². The Bertz CT molecular complexity index is 785. The van der Waals surface area contributed by atoms with Crippen molar-refractivity contribution < 1.29 is 23.9 Å². The number of rotatable bonds is 9. The average molecular weight is 386 g/mol. The molecule has 0 bridgehead atoms. The topological polar surface area (TPSA) is 102 Å². The number of benzene rings is 1. The van der Waals surface area contributed by atoms with Gasteiger partial charge in [-0.15, -0.1) is 0 Å². The van der Waals surface area contributed by atoms with E-state index in [1.807, 2.05) is 0 Å². The average Bonchev–Trinajstić information content (AvgIpc) is 2.71. The Morgan fingerprint density at radius 1 is 0.929 bits per heavy atom. The van der Waals surface area contributed by atoms with Crippen molar-refractivity contribution in [2.75, 3.05) is 43.2 Å². The minimum atomic E-state index is -0.618. The third-order valence-electron chi connectivity index (χ3n) is 3.58. The van der Waals surface area contributed by atoms with Crippen molar-refractivity contribution >= 4 is 29.5 Å². The van der Waals surface area contributed by atoms with Crippen LogP contribution in [0.4, 0.5) is 11.6 Å². The molecule has 2 rings (SSSR count). The summed E-state index contributed by atoms with van der Waals surface area (Å²) in [5.74, 6) is -1.34. The minimum absolute atomic E-state index is 0.124. The molecule has 0 saturated heterocycles. The quantitative estimate of drug-likeness (QED) is 0.590. The third-order valence-corrected chi connectivity index (χ3v) is 3.58. The van der Waals surface area contributed by atoms with Crippen LogP contribution in [0.5, 0.6) is 0 Å². The van der Waals surface area contributed by atoms with Crippen molar-refractivity contribution in [3.8, 4) is 0 Å². The van der Waals surface area contributed by atoms with Gasteiger partial charge in [-0.1, -0.05) is 18.2 Å². The Morgan fingerprint density at radius 2 is 1.57 bits per heavy atom. The van der Waals surface area contributed by atoms with Gasteiger partial charge in [-0.05, 0) is 25.1 Å². The third kappa shape index (κ3) is 6.35. The van der Waals surface area contributed by atoms with Crippen LogP contribution in [0.2, 0.25) is 0 Å². The lowest BCUT2D eigenvalue weighted by molar-refractivity contribution is -0.147. The maximum Gasteiger partial charge on any atom is 0.326 e. The highest BCUT2D eigenvalue weighted by atomic mass is 16.5. The Kier molecular flexibility index (Phi) is 7.89. The van der Waals surface area contributed by atoms with Crippen LogP contribution in [0.3, 0.4) is 0 Å². The number of carbonyl (C=O) groups is 3. The lowest BCUT2D eigenvalue weighted by Gasteiger charge is -2.22. The van der Waals surface area contributed by atoms with Gasteiger partial charge in [-0.3, -0.25) is 19.3 Å². The number of esters is 2. The van der Waals surface area contributed by atoms with Crippen molar-refractivity contribution in [1.82, 2.24) is 9.97 Å². The van der Waals surface area contributed by atoms with Crippen LogP contribution in [-0.2, 0) is 23.9 Å². The smallest absolute Gasteiger partial charge is 0.326 e. The predicted octanol–water partition coefficient (Wildman–Crippen LogP) is 1.05. The molecule has 0 aliphatic heterocycles. The van der Waals surface area contributed by atoms with Crippen LogP contribution in [0.15, 0.2) is 48.8 Å². The largest absolute Gasteiger partial charge is 0.465 e. The minimum Gasteiger partial charge on any atom is -0.465 e. The van der Waals surface area contributed by atoms with E-state index in [0.29, 0.717) is 11.6 Å². The van der Waals surface area contributed by atoms with E-state index in [0.717, 1.165) is 0 Å². The number of anilines is 2. The molecule has 1 amide bonds. The Hall–Kier alpha value is -3.49. The number of hydrogen-bond acceptors (Lipinski definition) is 8. The molecule has 148 valence electrons. The first kappa shape index (κ1) is 20.8. The van der Waals surface area contributed by atoms with E-state index in [1.54, 1.807) is 62.8 Å². The van der Waals surface area contributed by atoms with Crippen molar-refractivity contribution in [2.24, 2.45) is 0 Å². The molecule has 28 heavy (non-hydrogen) atoms.